The minimum atomic E-state index is -0.569. The summed E-state index contributed by atoms with van der Waals surface area (Å²) in [5, 5.41) is 3.43. The number of carbonyl (C=O) groups excluding carboxylic acids is 1. The van der Waals surface area contributed by atoms with Gasteiger partial charge in [0.2, 0.25) is 0 Å². The first-order valence-corrected chi connectivity index (χ1v) is 7.12. The van der Waals surface area contributed by atoms with Crippen molar-refractivity contribution >= 4 is 28.9 Å². The van der Waals surface area contributed by atoms with Crippen LogP contribution in [0.5, 0.6) is 5.75 Å². The number of anilines is 2. The van der Waals surface area contributed by atoms with Crippen LogP contribution in [-0.2, 0) is 11.2 Å². The number of amides is 1. The van der Waals surface area contributed by atoms with Crippen molar-refractivity contribution in [1.29, 1.82) is 0 Å². The molecule has 108 valence electrons. The van der Waals surface area contributed by atoms with Gasteiger partial charge in [0.05, 0.1) is 5.69 Å². The van der Waals surface area contributed by atoms with Gasteiger partial charge in [-0.15, -0.1) is 0 Å². The molecular formula is C16H15ClN2O2. The summed E-state index contributed by atoms with van der Waals surface area (Å²) in [5.41, 5.74) is 8.25. The third-order valence-electron chi connectivity index (χ3n) is 3.48. The SMILES string of the molecule is Nc1cc(Cl)ccc1OC1CCc2ccccc2NC1=O. The second-order valence-electron chi connectivity index (χ2n) is 4.97. The molecule has 0 aliphatic carbocycles. The zero-order valence-electron chi connectivity index (χ0n) is 11.3. The Bertz CT molecular complexity index is 688. The van der Waals surface area contributed by atoms with Crippen LogP contribution in [0.4, 0.5) is 11.4 Å². The minimum absolute atomic E-state index is 0.158. The lowest BCUT2D eigenvalue weighted by Crippen LogP contribution is -2.32. The van der Waals surface area contributed by atoms with Crippen LogP contribution in [0.2, 0.25) is 5.02 Å². The summed E-state index contributed by atoms with van der Waals surface area (Å²) in [6.45, 7) is 0. The van der Waals surface area contributed by atoms with E-state index in [0.29, 0.717) is 22.9 Å². The molecule has 0 saturated heterocycles. The predicted octanol–water partition coefficient (Wildman–Crippen LogP) is 3.25. The smallest absolute Gasteiger partial charge is 0.265 e. The van der Waals surface area contributed by atoms with Crippen molar-refractivity contribution in [2.45, 2.75) is 18.9 Å². The number of para-hydroxylation sites is 1. The molecule has 0 fully saturated rings. The number of hydrogen-bond donors (Lipinski definition) is 2. The molecular weight excluding hydrogens is 288 g/mol. The monoisotopic (exact) mass is 302 g/mol. The first kappa shape index (κ1) is 13.8. The summed E-state index contributed by atoms with van der Waals surface area (Å²) in [4.78, 5) is 12.3. The highest BCUT2D eigenvalue weighted by atomic mass is 35.5. The summed E-state index contributed by atoms with van der Waals surface area (Å²) in [5.74, 6) is 0.319. The van der Waals surface area contributed by atoms with Gasteiger partial charge in [0.15, 0.2) is 6.10 Å². The Labute approximate surface area is 127 Å². The summed E-state index contributed by atoms with van der Waals surface area (Å²) in [7, 11) is 0. The molecule has 0 saturated carbocycles. The van der Waals surface area contributed by atoms with E-state index in [4.69, 9.17) is 22.1 Å². The van der Waals surface area contributed by atoms with Crippen LogP contribution >= 0.6 is 11.6 Å². The number of ether oxygens (including phenoxy) is 1. The lowest BCUT2D eigenvalue weighted by Gasteiger charge is -2.17. The quantitative estimate of drug-likeness (QED) is 0.837. The van der Waals surface area contributed by atoms with Gasteiger partial charge in [0.1, 0.15) is 5.75 Å². The van der Waals surface area contributed by atoms with Crippen LogP contribution in [0.1, 0.15) is 12.0 Å². The van der Waals surface area contributed by atoms with Gasteiger partial charge >= 0.3 is 0 Å². The van der Waals surface area contributed by atoms with Crippen LogP contribution in [0, 0.1) is 0 Å². The van der Waals surface area contributed by atoms with Crippen LogP contribution in [-0.4, -0.2) is 12.0 Å². The highest BCUT2D eigenvalue weighted by Crippen LogP contribution is 2.28. The highest BCUT2D eigenvalue weighted by molar-refractivity contribution is 6.30. The summed E-state index contributed by atoms with van der Waals surface area (Å²) in [6, 6.07) is 12.8. The van der Waals surface area contributed by atoms with E-state index in [-0.39, 0.29) is 5.91 Å². The van der Waals surface area contributed by atoms with Crippen molar-refractivity contribution in [3.63, 3.8) is 0 Å². The molecule has 21 heavy (non-hydrogen) atoms. The molecule has 2 aromatic rings. The number of nitrogen functional groups attached to an aromatic ring is 1. The van der Waals surface area contributed by atoms with Crippen molar-refractivity contribution in [1.82, 2.24) is 0 Å². The molecule has 1 atom stereocenters. The molecule has 0 radical (unpaired) electrons. The van der Waals surface area contributed by atoms with Crippen molar-refractivity contribution in [2.24, 2.45) is 0 Å². The average Bonchev–Trinajstić information content (AvgIpc) is 2.61. The van der Waals surface area contributed by atoms with Crippen molar-refractivity contribution in [3.8, 4) is 5.75 Å². The number of carbonyl (C=O) groups is 1. The second-order valence-corrected chi connectivity index (χ2v) is 5.41. The van der Waals surface area contributed by atoms with E-state index in [9.17, 15) is 4.79 Å². The Kier molecular flexibility index (Phi) is 3.71. The van der Waals surface area contributed by atoms with Gasteiger partial charge in [0, 0.05) is 10.7 Å². The van der Waals surface area contributed by atoms with Gasteiger partial charge in [-0.25, -0.2) is 0 Å². The topological polar surface area (TPSA) is 64.3 Å². The molecule has 0 spiro atoms. The van der Waals surface area contributed by atoms with Crippen molar-refractivity contribution in [3.05, 3.63) is 53.1 Å². The normalized spacial score (nSPS) is 17.6. The zero-order chi connectivity index (χ0) is 14.8. The van der Waals surface area contributed by atoms with Gasteiger partial charge in [-0.3, -0.25) is 4.79 Å². The van der Waals surface area contributed by atoms with Crippen molar-refractivity contribution < 1.29 is 9.53 Å². The van der Waals surface area contributed by atoms with Gasteiger partial charge in [-0.1, -0.05) is 29.8 Å². The fourth-order valence-corrected chi connectivity index (χ4v) is 2.56. The molecule has 0 bridgehead atoms. The molecule has 5 heteroatoms. The molecule has 1 heterocycles. The van der Waals surface area contributed by atoms with Gasteiger partial charge in [0.25, 0.3) is 5.91 Å². The number of aryl methyl sites for hydroxylation is 1. The second kappa shape index (κ2) is 5.66. The Morgan fingerprint density at radius 2 is 2.05 bits per heavy atom. The number of hydrogen-bond acceptors (Lipinski definition) is 3. The lowest BCUT2D eigenvalue weighted by atomic mass is 10.1. The number of nitrogens with one attached hydrogen (secondary N) is 1. The largest absolute Gasteiger partial charge is 0.478 e. The fourth-order valence-electron chi connectivity index (χ4n) is 2.38. The van der Waals surface area contributed by atoms with Crippen LogP contribution in [0.3, 0.4) is 0 Å². The lowest BCUT2D eigenvalue weighted by molar-refractivity contribution is -0.122. The maximum atomic E-state index is 12.3. The van der Waals surface area contributed by atoms with Gasteiger partial charge in [-0.05, 0) is 42.7 Å². The molecule has 2 aromatic carbocycles. The van der Waals surface area contributed by atoms with Gasteiger partial charge in [-0.2, -0.15) is 0 Å². The van der Waals surface area contributed by atoms with E-state index in [1.54, 1.807) is 18.2 Å². The number of rotatable bonds is 2. The zero-order valence-corrected chi connectivity index (χ0v) is 12.1. The highest BCUT2D eigenvalue weighted by Gasteiger charge is 2.25. The third kappa shape index (κ3) is 2.95. The predicted molar refractivity (Wildman–Crippen MR) is 83.7 cm³/mol. The standard InChI is InChI=1S/C16H15ClN2O2/c17-11-6-8-14(12(18)9-11)21-15-7-5-10-3-1-2-4-13(10)19-16(15)20/h1-4,6,8-9,15H,5,7,18H2,(H,19,20). The summed E-state index contributed by atoms with van der Waals surface area (Å²) >= 11 is 5.86. The van der Waals surface area contributed by atoms with E-state index < -0.39 is 6.10 Å². The van der Waals surface area contributed by atoms with E-state index in [2.05, 4.69) is 5.32 Å². The van der Waals surface area contributed by atoms with E-state index in [0.717, 1.165) is 17.7 Å². The molecule has 4 nitrogen and oxygen atoms in total. The Morgan fingerprint density at radius 1 is 1.24 bits per heavy atom. The maximum absolute atomic E-state index is 12.3. The van der Waals surface area contributed by atoms with E-state index in [1.165, 1.54) is 0 Å². The fraction of sp³-hybridized carbons (Fsp3) is 0.188. The first-order valence-electron chi connectivity index (χ1n) is 6.74. The van der Waals surface area contributed by atoms with Crippen LogP contribution in [0.25, 0.3) is 0 Å². The van der Waals surface area contributed by atoms with Gasteiger partial charge < -0.3 is 15.8 Å². The Hall–Kier alpha value is -2.20. The maximum Gasteiger partial charge on any atom is 0.265 e. The summed E-state index contributed by atoms with van der Waals surface area (Å²) < 4.78 is 5.77. The Morgan fingerprint density at radius 3 is 2.86 bits per heavy atom. The van der Waals surface area contributed by atoms with Crippen molar-refractivity contribution in [2.75, 3.05) is 11.1 Å². The molecule has 1 unspecified atom stereocenters. The first-order chi connectivity index (χ1) is 10.1. The number of nitrogens with two attached hydrogens (primary N) is 1. The Balaban J connectivity index is 1.80. The molecule has 1 aliphatic heterocycles. The van der Waals surface area contributed by atoms with E-state index in [1.807, 2.05) is 24.3 Å². The van der Waals surface area contributed by atoms with E-state index >= 15 is 0 Å². The van der Waals surface area contributed by atoms with Crippen LogP contribution < -0.4 is 15.8 Å². The number of halogens is 1. The summed E-state index contributed by atoms with van der Waals surface area (Å²) in [6.07, 6.45) is 0.804. The molecule has 1 amide bonds. The number of benzene rings is 2. The minimum Gasteiger partial charge on any atom is -0.478 e. The molecule has 0 aromatic heterocycles. The molecule has 3 N–H and O–H groups in total. The van der Waals surface area contributed by atoms with Crippen LogP contribution in [0.15, 0.2) is 42.5 Å². The molecule has 3 rings (SSSR count). The average molecular weight is 303 g/mol. The molecule has 1 aliphatic rings. The number of fused-ring (bicyclic) bond motifs is 1. The third-order valence-corrected chi connectivity index (χ3v) is 3.72.